The van der Waals surface area contributed by atoms with E-state index in [-0.39, 0.29) is 0 Å². The number of pyridine rings is 1. The van der Waals surface area contributed by atoms with Crippen LogP contribution in [0.4, 0.5) is 5.82 Å². The van der Waals surface area contributed by atoms with Gasteiger partial charge in [0, 0.05) is 51.5 Å². The van der Waals surface area contributed by atoms with E-state index >= 15 is 0 Å². The Morgan fingerprint density at radius 1 is 1.28 bits per heavy atom. The van der Waals surface area contributed by atoms with E-state index in [4.69, 9.17) is 11.6 Å². The molecule has 0 aliphatic carbocycles. The summed E-state index contributed by atoms with van der Waals surface area (Å²) in [7, 11) is 0. The lowest BCUT2D eigenvalue weighted by atomic mass is 10.1. The Morgan fingerprint density at radius 3 is 2.56 bits per heavy atom. The van der Waals surface area contributed by atoms with Crippen LogP contribution in [0.5, 0.6) is 0 Å². The summed E-state index contributed by atoms with van der Waals surface area (Å²) < 4.78 is 0.980. The van der Waals surface area contributed by atoms with Crippen LogP contribution in [0.3, 0.4) is 0 Å². The molecular weight excluding hydrogens is 316 g/mol. The maximum absolute atomic E-state index is 5.92. The van der Waals surface area contributed by atoms with Gasteiger partial charge >= 0.3 is 0 Å². The molecule has 18 heavy (non-hydrogen) atoms. The highest BCUT2D eigenvalue weighted by molar-refractivity contribution is 9.10. The third-order valence-corrected chi connectivity index (χ3v) is 4.47. The minimum atomic E-state index is 0.671. The summed E-state index contributed by atoms with van der Waals surface area (Å²) >= 11 is 9.46. The van der Waals surface area contributed by atoms with Crippen LogP contribution < -0.4 is 10.2 Å². The van der Waals surface area contributed by atoms with Gasteiger partial charge in [-0.15, -0.1) is 0 Å². The van der Waals surface area contributed by atoms with Crippen LogP contribution in [0.2, 0.25) is 5.02 Å². The van der Waals surface area contributed by atoms with Crippen molar-refractivity contribution in [3.8, 4) is 0 Å². The van der Waals surface area contributed by atoms with Gasteiger partial charge < -0.3 is 10.2 Å². The van der Waals surface area contributed by atoms with Crippen molar-refractivity contribution in [1.29, 1.82) is 0 Å². The Kier molecular flexibility index (Phi) is 3.75. The second-order valence-corrected chi connectivity index (χ2v) is 6.08. The summed E-state index contributed by atoms with van der Waals surface area (Å²) in [6.07, 6.45) is 1.71. The van der Waals surface area contributed by atoms with E-state index in [2.05, 4.69) is 36.0 Å². The van der Waals surface area contributed by atoms with E-state index < -0.39 is 0 Å². The molecule has 0 spiro atoms. The van der Waals surface area contributed by atoms with Gasteiger partial charge in [0.05, 0.1) is 9.50 Å². The van der Waals surface area contributed by atoms with E-state index in [0.717, 1.165) is 55.6 Å². The van der Waals surface area contributed by atoms with Crippen molar-refractivity contribution >= 4 is 33.3 Å². The van der Waals surface area contributed by atoms with Crippen molar-refractivity contribution in [2.24, 2.45) is 0 Å². The summed E-state index contributed by atoms with van der Waals surface area (Å²) in [5, 5.41) is 4.00. The van der Waals surface area contributed by atoms with Gasteiger partial charge in [0.2, 0.25) is 0 Å². The van der Waals surface area contributed by atoms with E-state index in [1.807, 2.05) is 6.07 Å². The van der Waals surface area contributed by atoms with Crippen LogP contribution in [0.1, 0.15) is 0 Å². The minimum Gasteiger partial charge on any atom is -0.353 e. The Hall–Kier alpha value is -0.360. The van der Waals surface area contributed by atoms with Gasteiger partial charge in [-0.3, -0.25) is 4.90 Å². The zero-order valence-corrected chi connectivity index (χ0v) is 12.4. The molecule has 0 radical (unpaired) electrons. The number of nitrogens with one attached hydrogen (secondary N) is 1. The van der Waals surface area contributed by atoms with Crippen LogP contribution in [0.25, 0.3) is 0 Å². The molecule has 0 unspecified atom stereocenters. The Morgan fingerprint density at radius 2 is 2.00 bits per heavy atom. The second kappa shape index (κ2) is 5.33. The summed E-state index contributed by atoms with van der Waals surface area (Å²) in [4.78, 5) is 9.31. The Bertz CT molecular complexity index is 430. The molecule has 1 aromatic heterocycles. The second-order valence-electron chi connectivity index (χ2n) is 4.79. The standard InChI is InChI=1S/C12H16BrClN4/c13-11-5-9(14)6-16-12(11)18-3-1-17(2-4-18)10-7-15-8-10/h5-6,10,15H,1-4,7-8H2. The molecule has 0 saturated carbocycles. The molecule has 4 nitrogen and oxygen atoms in total. The van der Waals surface area contributed by atoms with E-state index in [1.165, 1.54) is 0 Å². The molecule has 6 heteroatoms. The fourth-order valence-corrected chi connectivity index (χ4v) is 3.36. The molecule has 2 aliphatic heterocycles. The number of piperazine rings is 1. The molecule has 0 bridgehead atoms. The fourth-order valence-electron chi connectivity index (χ4n) is 2.47. The highest BCUT2D eigenvalue weighted by Crippen LogP contribution is 2.27. The third kappa shape index (κ3) is 2.50. The topological polar surface area (TPSA) is 31.4 Å². The molecule has 0 aromatic carbocycles. The van der Waals surface area contributed by atoms with Gasteiger partial charge in [0.15, 0.2) is 0 Å². The number of anilines is 1. The molecule has 1 N–H and O–H groups in total. The minimum absolute atomic E-state index is 0.671. The zero-order valence-electron chi connectivity index (χ0n) is 10.1. The molecule has 3 rings (SSSR count). The van der Waals surface area contributed by atoms with Crippen molar-refractivity contribution in [2.45, 2.75) is 6.04 Å². The van der Waals surface area contributed by atoms with Gasteiger partial charge in [-0.25, -0.2) is 4.98 Å². The maximum Gasteiger partial charge on any atom is 0.143 e. The highest BCUT2D eigenvalue weighted by Gasteiger charge is 2.28. The quantitative estimate of drug-likeness (QED) is 0.892. The van der Waals surface area contributed by atoms with Crippen molar-refractivity contribution in [1.82, 2.24) is 15.2 Å². The number of halogens is 2. The molecule has 1 aromatic rings. The average molecular weight is 332 g/mol. The van der Waals surface area contributed by atoms with Gasteiger partial charge in [-0.1, -0.05) is 11.6 Å². The first-order valence-corrected chi connectivity index (χ1v) is 7.42. The third-order valence-electron chi connectivity index (χ3n) is 3.68. The molecule has 3 heterocycles. The zero-order chi connectivity index (χ0) is 12.5. The van der Waals surface area contributed by atoms with Crippen LogP contribution in [-0.4, -0.2) is 55.2 Å². The summed E-state index contributed by atoms with van der Waals surface area (Å²) in [5.41, 5.74) is 0. The monoisotopic (exact) mass is 330 g/mol. The lowest BCUT2D eigenvalue weighted by molar-refractivity contribution is 0.137. The fraction of sp³-hybridized carbons (Fsp3) is 0.583. The molecule has 2 fully saturated rings. The lowest BCUT2D eigenvalue weighted by Crippen LogP contribution is -2.61. The van der Waals surface area contributed by atoms with E-state index in [0.29, 0.717) is 5.02 Å². The Balaban J connectivity index is 1.64. The average Bonchev–Trinajstić information content (AvgIpc) is 2.28. The SMILES string of the molecule is Clc1cnc(N2CCN(C3CNC3)CC2)c(Br)c1. The normalized spacial score (nSPS) is 22.0. The molecular formula is C12H16BrClN4. The number of hydrogen-bond acceptors (Lipinski definition) is 4. The molecule has 2 saturated heterocycles. The molecule has 0 atom stereocenters. The van der Waals surface area contributed by atoms with Gasteiger partial charge in [-0.2, -0.15) is 0 Å². The maximum atomic E-state index is 5.92. The van der Waals surface area contributed by atoms with Crippen LogP contribution in [-0.2, 0) is 0 Å². The largest absolute Gasteiger partial charge is 0.353 e. The number of rotatable bonds is 2. The molecule has 0 amide bonds. The van der Waals surface area contributed by atoms with Crippen molar-refractivity contribution < 1.29 is 0 Å². The Labute approximate surface area is 120 Å². The summed E-state index contributed by atoms with van der Waals surface area (Å²) in [6.45, 7) is 6.57. The lowest BCUT2D eigenvalue weighted by Gasteiger charge is -2.43. The van der Waals surface area contributed by atoms with Gasteiger partial charge in [-0.05, 0) is 22.0 Å². The number of aromatic nitrogens is 1. The first kappa shape index (κ1) is 12.7. The first-order valence-electron chi connectivity index (χ1n) is 6.25. The predicted octanol–water partition coefficient (Wildman–Crippen LogP) is 1.59. The van der Waals surface area contributed by atoms with Gasteiger partial charge in [0.25, 0.3) is 0 Å². The summed E-state index contributed by atoms with van der Waals surface area (Å²) in [5.74, 6) is 1.01. The van der Waals surface area contributed by atoms with Crippen molar-refractivity contribution in [3.05, 3.63) is 21.8 Å². The first-order chi connectivity index (χ1) is 8.74. The molecule has 2 aliphatic rings. The van der Waals surface area contributed by atoms with Crippen LogP contribution in [0.15, 0.2) is 16.7 Å². The van der Waals surface area contributed by atoms with Crippen molar-refractivity contribution in [3.63, 3.8) is 0 Å². The highest BCUT2D eigenvalue weighted by atomic mass is 79.9. The smallest absolute Gasteiger partial charge is 0.143 e. The number of nitrogens with zero attached hydrogens (tertiary/aromatic N) is 3. The number of hydrogen-bond donors (Lipinski definition) is 1. The molecule has 98 valence electrons. The van der Waals surface area contributed by atoms with Crippen LogP contribution in [0, 0.1) is 0 Å². The van der Waals surface area contributed by atoms with Gasteiger partial charge in [0.1, 0.15) is 5.82 Å². The van der Waals surface area contributed by atoms with E-state index in [9.17, 15) is 0 Å². The summed E-state index contributed by atoms with van der Waals surface area (Å²) in [6, 6.07) is 2.65. The van der Waals surface area contributed by atoms with E-state index in [1.54, 1.807) is 6.20 Å². The van der Waals surface area contributed by atoms with Crippen molar-refractivity contribution in [2.75, 3.05) is 44.2 Å². The van der Waals surface area contributed by atoms with Crippen LogP contribution >= 0.6 is 27.5 Å². The predicted molar refractivity (Wildman–Crippen MR) is 77.4 cm³/mol.